The number of carbonyl (C=O) groups excluding carboxylic acids is 1. The third kappa shape index (κ3) is 2.93. The van der Waals surface area contributed by atoms with Crippen LogP contribution in [0.15, 0.2) is 34.6 Å². The molecular weight excluding hydrogens is 386 g/mol. The highest BCUT2D eigenvalue weighted by molar-refractivity contribution is 7.15. The zero-order valence-electron chi connectivity index (χ0n) is 16.9. The molecule has 1 saturated heterocycles. The number of rotatable bonds is 3. The molecule has 0 aliphatic carbocycles. The molecule has 2 bridgehead atoms. The number of likely N-dealkylation sites (tertiary alicyclic amines) is 1. The Morgan fingerprint density at radius 1 is 1.31 bits per heavy atom. The Morgan fingerprint density at radius 2 is 2.14 bits per heavy atom. The van der Waals surface area contributed by atoms with Crippen molar-refractivity contribution in [1.29, 1.82) is 0 Å². The van der Waals surface area contributed by atoms with Crippen LogP contribution in [-0.2, 0) is 0 Å². The van der Waals surface area contributed by atoms with E-state index in [2.05, 4.69) is 16.0 Å². The van der Waals surface area contributed by atoms with Gasteiger partial charge in [-0.25, -0.2) is 4.98 Å². The van der Waals surface area contributed by atoms with Crippen LogP contribution in [0.3, 0.4) is 0 Å². The minimum absolute atomic E-state index is 0.0402. The Kier molecular flexibility index (Phi) is 4.36. The number of thiazole rings is 1. The minimum Gasteiger partial charge on any atom is -0.336 e. The fourth-order valence-electron chi connectivity index (χ4n) is 5.12. The summed E-state index contributed by atoms with van der Waals surface area (Å²) in [5, 5.41) is 1.96. The summed E-state index contributed by atoms with van der Waals surface area (Å²) in [7, 11) is 4.07. The van der Waals surface area contributed by atoms with E-state index in [1.807, 2.05) is 52.5 Å². The molecule has 0 unspecified atom stereocenters. The topological polar surface area (TPSA) is 62.9 Å². The van der Waals surface area contributed by atoms with Gasteiger partial charge in [0.05, 0.1) is 11.7 Å². The fraction of sp³-hybridized carbons (Fsp3) is 0.476. The van der Waals surface area contributed by atoms with Crippen LogP contribution in [0.25, 0.3) is 4.96 Å². The Bertz CT molecular complexity index is 1140. The number of fused-ring (bicyclic) bond motifs is 5. The molecule has 3 atom stereocenters. The number of nitrogens with zero attached hydrogens (tertiary/aromatic N) is 5. The van der Waals surface area contributed by atoms with Crippen molar-refractivity contribution in [2.45, 2.75) is 25.3 Å². The van der Waals surface area contributed by atoms with Crippen LogP contribution in [0.4, 0.5) is 0 Å². The highest BCUT2D eigenvalue weighted by Crippen LogP contribution is 2.41. The van der Waals surface area contributed by atoms with E-state index in [1.54, 1.807) is 17.4 Å². The summed E-state index contributed by atoms with van der Waals surface area (Å²) in [6.07, 6.45) is 2.94. The van der Waals surface area contributed by atoms with Gasteiger partial charge < -0.3 is 14.4 Å². The molecule has 1 amide bonds. The number of pyridine rings is 1. The van der Waals surface area contributed by atoms with Gasteiger partial charge in [-0.1, -0.05) is 6.07 Å². The van der Waals surface area contributed by atoms with Crippen molar-refractivity contribution in [2.24, 2.45) is 5.92 Å². The summed E-state index contributed by atoms with van der Waals surface area (Å²) in [6.45, 7) is 4.01. The van der Waals surface area contributed by atoms with Crippen molar-refractivity contribution in [3.05, 3.63) is 57.2 Å². The van der Waals surface area contributed by atoms with Crippen LogP contribution in [-0.4, -0.2) is 63.4 Å². The van der Waals surface area contributed by atoms with Crippen LogP contribution >= 0.6 is 11.3 Å². The average molecular weight is 412 g/mol. The van der Waals surface area contributed by atoms with Gasteiger partial charge in [0.1, 0.15) is 5.69 Å². The van der Waals surface area contributed by atoms with Gasteiger partial charge in [0.15, 0.2) is 4.96 Å². The monoisotopic (exact) mass is 411 g/mol. The highest BCUT2D eigenvalue weighted by Gasteiger charge is 2.42. The van der Waals surface area contributed by atoms with Crippen LogP contribution in [0, 0.1) is 12.8 Å². The zero-order chi connectivity index (χ0) is 20.3. The number of imidazole rings is 1. The number of hydrogen-bond donors (Lipinski definition) is 0. The minimum atomic E-state index is 0.0402. The van der Waals surface area contributed by atoms with E-state index in [4.69, 9.17) is 0 Å². The largest absolute Gasteiger partial charge is 0.336 e. The van der Waals surface area contributed by atoms with Gasteiger partial charge in [0, 0.05) is 48.9 Å². The summed E-state index contributed by atoms with van der Waals surface area (Å²) in [4.78, 5) is 35.7. The molecule has 5 heterocycles. The first-order valence-electron chi connectivity index (χ1n) is 10.0. The lowest BCUT2D eigenvalue weighted by Crippen LogP contribution is -2.53. The van der Waals surface area contributed by atoms with Crippen LogP contribution in [0.2, 0.25) is 0 Å². The molecule has 3 aromatic heterocycles. The molecule has 152 valence electrons. The van der Waals surface area contributed by atoms with Gasteiger partial charge in [-0.05, 0) is 39.4 Å². The molecular formula is C21H25N5O2S. The van der Waals surface area contributed by atoms with Crippen molar-refractivity contribution in [2.75, 3.05) is 33.7 Å². The molecule has 0 radical (unpaired) electrons. The SMILES string of the molecule is Cc1nc2sccn2c1C(=O)N1C[C@H]2C[C@@H](C1)[C@H](CN(C)C)n1c2cccc1=O. The quantitative estimate of drug-likeness (QED) is 0.663. The standard InChI is InChI=1S/C21H25N5O2S/c1-13-19(25-7-8-29-21(25)22-13)20(28)24-10-14-9-15(11-24)17(12-23(2)3)26-16(14)5-4-6-18(26)27/h4-8,14-15,17H,9-12H2,1-3H3/t14-,15+,17+/m1/s1. The first-order chi connectivity index (χ1) is 13.9. The second-order valence-electron chi connectivity index (χ2n) is 8.49. The van der Waals surface area contributed by atoms with Gasteiger partial charge in [0.25, 0.3) is 11.5 Å². The van der Waals surface area contributed by atoms with Crippen molar-refractivity contribution < 1.29 is 4.79 Å². The zero-order valence-corrected chi connectivity index (χ0v) is 17.7. The smallest absolute Gasteiger partial charge is 0.272 e. The predicted octanol–water partition coefficient (Wildman–Crippen LogP) is 2.23. The molecule has 3 aromatic rings. The van der Waals surface area contributed by atoms with E-state index < -0.39 is 0 Å². The van der Waals surface area contributed by atoms with Gasteiger partial charge in [-0.15, -0.1) is 11.3 Å². The van der Waals surface area contributed by atoms with Crippen LogP contribution < -0.4 is 5.56 Å². The number of likely N-dealkylation sites (N-methyl/N-ethyl adjacent to an activating group) is 1. The molecule has 0 saturated carbocycles. The van der Waals surface area contributed by atoms with Crippen molar-refractivity contribution >= 4 is 22.2 Å². The molecule has 1 fully saturated rings. The third-order valence-electron chi connectivity index (χ3n) is 6.28. The lowest BCUT2D eigenvalue weighted by atomic mass is 9.78. The summed E-state index contributed by atoms with van der Waals surface area (Å²) in [5.41, 5.74) is 2.56. The maximum Gasteiger partial charge on any atom is 0.272 e. The third-order valence-corrected chi connectivity index (χ3v) is 7.03. The number of amides is 1. The maximum absolute atomic E-state index is 13.5. The van der Waals surface area contributed by atoms with Gasteiger partial charge in [-0.2, -0.15) is 0 Å². The Hall–Kier alpha value is -2.45. The summed E-state index contributed by atoms with van der Waals surface area (Å²) < 4.78 is 3.89. The molecule has 2 aliphatic rings. The van der Waals surface area contributed by atoms with Crippen LogP contribution in [0.1, 0.15) is 40.3 Å². The second kappa shape index (κ2) is 6.81. The molecule has 0 aromatic carbocycles. The second-order valence-corrected chi connectivity index (χ2v) is 9.37. The lowest BCUT2D eigenvalue weighted by Gasteiger charge is -2.47. The van der Waals surface area contributed by atoms with E-state index in [0.717, 1.165) is 29.3 Å². The Balaban J connectivity index is 1.54. The van der Waals surface area contributed by atoms with Gasteiger partial charge in [0.2, 0.25) is 0 Å². The van der Waals surface area contributed by atoms with Gasteiger partial charge >= 0.3 is 0 Å². The molecule has 29 heavy (non-hydrogen) atoms. The number of hydrogen-bond acceptors (Lipinski definition) is 5. The summed E-state index contributed by atoms with van der Waals surface area (Å²) in [5.74, 6) is 0.494. The Labute approximate surface area is 173 Å². The first kappa shape index (κ1) is 18.6. The van der Waals surface area contributed by atoms with E-state index in [9.17, 15) is 9.59 Å². The average Bonchev–Trinajstić information content (AvgIpc) is 3.24. The number of aryl methyl sites for hydroxylation is 1. The molecule has 0 N–H and O–H groups in total. The normalized spacial score (nSPS) is 23.6. The van der Waals surface area contributed by atoms with Gasteiger partial charge in [-0.3, -0.25) is 14.0 Å². The molecule has 7 nitrogen and oxygen atoms in total. The molecule has 2 aliphatic heterocycles. The van der Waals surface area contributed by atoms with Crippen LogP contribution in [0.5, 0.6) is 0 Å². The highest BCUT2D eigenvalue weighted by atomic mass is 32.1. The number of carbonyl (C=O) groups is 1. The molecule has 8 heteroatoms. The summed E-state index contributed by atoms with van der Waals surface area (Å²) >= 11 is 1.54. The van der Waals surface area contributed by atoms with E-state index in [-0.39, 0.29) is 29.3 Å². The molecule has 5 rings (SSSR count). The van der Waals surface area contributed by atoms with E-state index in [0.29, 0.717) is 18.8 Å². The van der Waals surface area contributed by atoms with E-state index in [1.165, 1.54) is 0 Å². The first-order valence-corrected chi connectivity index (χ1v) is 10.9. The maximum atomic E-state index is 13.5. The predicted molar refractivity (Wildman–Crippen MR) is 113 cm³/mol. The molecule has 0 spiro atoms. The summed E-state index contributed by atoms with van der Waals surface area (Å²) in [6, 6.07) is 5.63. The fourth-order valence-corrected chi connectivity index (χ4v) is 5.88. The number of piperidine rings is 1. The van der Waals surface area contributed by atoms with Crippen molar-refractivity contribution in [1.82, 2.24) is 23.8 Å². The van der Waals surface area contributed by atoms with E-state index >= 15 is 0 Å². The van der Waals surface area contributed by atoms with Crippen molar-refractivity contribution in [3.63, 3.8) is 0 Å². The lowest BCUT2D eigenvalue weighted by molar-refractivity contribution is 0.0492. The number of aromatic nitrogens is 3. The Morgan fingerprint density at radius 3 is 2.93 bits per heavy atom. The van der Waals surface area contributed by atoms with Crippen molar-refractivity contribution in [3.8, 4) is 0 Å².